The van der Waals surface area contributed by atoms with Crippen LogP contribution in [0.3, 0.4) is 0 Å². The Labute approximate surface area is 148 Å². The molecule has 136 valence electrons. The number of carbonyl (C=O) groups excluding carboxylic acids is 3. The van der Waals surface area contributed by atoms with Gasteiger partial charge in [0.05, 0.1) is 22.7 Å². The molecule has 0 spiro atoms. The number of nitro groups is 1. The van der Waals surface area contributed by atoms with Crippen LogP contribution in [0.15, 0.2) is 30.4 Å². The van der Waals surface area contributed by atoms with Crippen molar-refractivity contribution in [2.24, 2.45) is 11.8 Å². The minimum Gasteiger partial charge on any atom is -0.545 e. The van der Waals surface area contributed by atoms with E-state index in [1.54, 1.807) is 0 Å². The van der Waals surface area contributed by atoms with E-state index in [4.69, 9.17) is 0 Å². The van der Waals surface area contributed by atoms with Crippen molar-refractivity contribution in [2.45, 2.75) is 12.8 Å². The third-order valence-electron chi connectivity index (χ3n) is 4.68. The molecule has 1 heterocycles. The van der Waals surface area contributed by atoms with Crippen LogP contribution in [0.5, 0.6) is 0 Å². The zero-order chi connectivity index (χ0) is 18.8. The van der Waals surface area contributed by atoms with Crippen molar-refractivity contribution in [3.63, 3.8) is 0 Å². The van der Waals surface area contributed by atoms with E-state index in [1.807, 2.05) is 12.2 Å². The van der Waals surface area contributed by atoms with Gasteiger partial charge in [-0.2, -0.15) is 0 Å². The standard InChI is InChI=1S/C17H17N3O6/c21-15-11-3-1-2-4-12(11)16(22)19(15)8-7-18-13-6-5-10(17(23)24)9-14(13)20(25)26/h1-2,5-6,9,11-12,18H,3-4,7-8H2,(H,23,24)/p-1/t11-,12+. The fourth-order valence-electron chi connectivity index (χ4n) is 3.35. The molecular weight excluding hydrogens is 342 g/mol. The molecular formula is C17H16N3O6-. The number of allylic oxidation sites excluding steroid dienone is 2. The fraction of sp³-hybridized carbons (Fsp3) is 0.353. The van der Waals surface area contributed by atoms with Crippen LogP contribution >= 0.6 is 0 Å². The number of rotatable bonds is 6. The second-order valence-electron chi connectivity index (χ2n) is 6.19. The molecule has 2 aliphatic rings. The van der Waals surface area contributed by atoms with Crippen molar-refractivity contribution in [3.8, 4) is 0 Å². The molecule has 1 aliphatic heterocycles. The Hall–Kier alpha value is -3.23. The average molecular weight is 358 g/mol. The highest BCUT2D eigenvalue weighted by atomic mass is 16.6. The highest BCUT2D eigenvalue weighted by Gasteiger charge is 2.46. The molecule has 9 heteroatoms. The number of nitro benzene ring substituents is 1. The van der Waals surface area contributed by atoms with Crippen LogP contribution in [-0.4, -0.2) is 40.7 Å². The Bertz CT molecular complexity index is 793. The van der Waals surface area contributed by atoms with Crippen molar-refractivity contribution in [3.05, 3.63) is 46.0 Å². The first-order chi connectivity index (χ1) is 12.4. The van der Waals surface area contributed by atoms with Gasteiger partial charge < -0.3 is 15.2 Å². The number of hydrogen-bond acceptors (Lipinski definition) is 7. The first-order valence-corrected chi connectivity index (χ1v) is 8.14. The summed E-state index contributed by atoms with van der Waals surface area (Å²) in [7, 11) is 0. The lowest BCUT2D eigenvalue weighted by molar-refractivity contribution is -0.384. The number of anilines is 1. The topological polar surface area (TPSA) is 133 Å². The van der Waals surface area contributed by atoms with Gasteiger partial charge in [-0.1, -0.05) is 18.2 Å². The zero-order valence-corrected chi connectivity index (χ0v) is 13.7. The molecule has 1 N–H and O–H groups in total. The summed E-state index contributed by atoms with van der Waals surface area (Å²) in [5.74, 6) is -2.57. The summed E-state index contributed by atoms with van der Waals surface area (Å²) in [6, 6.07) is 3.36. The number of nitrogens with zero attached hydrogens (tertiary/aromatic N) is 2. The molecule has 0 saturated carbocycles. The normalized spacial score (nSPS) is 21.6. The predicted octanol–water partition coefficient (Wildman–Crippen LogP) is 0.321. The summed E-state index contributed by atoms with van der Waals surface area (Å²) in [6.45, 7) is 0.208. The highest BCUT2D eigenvalue weighted by molar-refractivity contribution is 6.05. The molecule has 9 nitrogen and oxygen atoms in total. The molecule has 1 aliphatic carbocycles. The van der Waals surface area contributed by atoms with Crippen LogP contribution in [-0.2, 0) is 9.59 Å². The summed E-state index contributed by atoms with van der Waals surface area (Å²) in [5.41, 5.74) is -0.606. The number of benzene rings is 1. The molecule has 26 heavy (non-hydrogen) atoms. The van der Waals surface area contributed by atoms with Gasteiger partial charge >= 0.3 is 0 Å². The number of imide groups is 1. The Morgan fingerprint density at radius 2 is 1.81 bits per heavy atom. The largest absolute Gasteiger partial charge is 0.545 e. The first-order valence-electron chi connectivity index (χ1n) is 8.14. The molecule has 1 fully saturated rings. The van der Waals surface area contributed by atoms with E-state index in [0.29, 0.717) is 12.8 Å². The lowest BCUT2D eigenvalue weighted by Gasteiger charge is -2.16. The van der Waals surface area contributed by atoms with Gasteiger partial charge in [-0.3, -0.25) is 24.6 Å². The molecule has 1 aromatic carbocycles. The molecule has 1 aromatic rings. The zero-order valence-electron chi connectivity index (χ0n) is 13.7. The smallest absolute Gasteiger partial charge is 0.292 e. The summed E-state index contributed by atoms with van der Waals surface area (Å²) in [4.78, 5) is 47.1. The number of amides is 2. The predicted molar refractivity (Wildman–Crippen MR) is 88.0 cm³/mol. The van der Waals surface area contributed by atoms with E-state index >= 15 is 0 Å². The second-order valence-corrected chi connectivity index (χ2v) is 6.19. The number of aromatic carboxylic acids is 1. The van der Waals surface area contributed by atoms with Crippen LogP contribution in [0.25, 0.3) is 0 Å². The molecule has 2 amide bonds. The van der Waals surface area contributed by atoms with Gasteiger partial charge in [-0.25, -0.2) is 0 Å². The first kappa shape index (κ1) is 17.6. The van der Waals surface area contributed by atoms with E-state index in [0.717, 1.165) is 6.07 Å². The van der Waals surface area contributed by atoms with E-state index < -0.39 is 16.6 Å². The number of likely N-dealkylation sites (tertiary alicyclic amines) is 1. The average Bonchev–Trinajstić information content (AvgIpc) is 2.86. The van der Waals surface area contributed by atoms with Gasteiger partial charge in [-0.05, 0) is 18.9 Å². The second kappa shape index (κ2) is 6.95. The summed E-state index contributed by atoms with van der Waals surface area (Å²) < 4.78 is 0. The molecule has 3 rings (SSSR count). The summed E-state index contributed by atoms with van der Waals surface area (Å²) in [6.07, 6.45) is 4.90. The number of hydrogen-bond donors (Lipinski definition) is 1. The van der Waals surface area contributed by atoms with E-state index in [-0.39, 0.29) is 48.0 Å². The van der Waals surface area contributed by atoms with Gasteiger partial charge in [0, 0.05) is 24.7 Å². The number of carboxylic acids is 1. The quantitative estimate of drug-likeness (QED) is 0.335. The molecule has 0 bridgehead atoms. The minimum atomic E-state index is -1.51. The maximum Gasteiger partial charge on any atom is 0.292 e. The Morgan fingerprint density at radius 3 is 2.35 bits per heavy atom. The lowest BCUT2D eigenvalue weighted by atomic mass is 9.85. The monoisotopic (exact) mass is 358 g/mol. The van der Waals surface area contributed by atoms with Gasteiger partial charge in [0.25, 0.3) is 5.69 Å². The van der Waals surface area contributed by atoms with E-state index in [1.165, 1.54) is 17.0 Å². The SMILES string of the molecule is O=C([O-])c1ccc(NCCN2C(=O)[C@H]3CC=CC[C@H]3C2=O)c([N+](=O)[O-])c1. The van der Waals surface area contributed by atoms with Crippen LogP contribution in [0.4, 0.5) is 11.4 Å². The van der Waals surface area contributed by atoms with Crippen LogP contribution in [0, 0.1) is 22.0 Å². The molecule has 1 saturated heterocycles. The maximum atomic E-state index is 12.4. The van der Waals surface area contributed by atoms with Crippen LogP contribution in [0.1, 0.15) is 23.2 Å². The van der Waals surface area contributed by atoms with Crippen molar-refractivity contribution in [1.29, 1.82) is 0 Å². The number of carbonyl (C=O) groups is 3. The third kappa shape index (κ3) is 3.15. The van der Waals surface area contributed by atoms with Crippen LogP contribution in [0.2, 0.25) is 0 Å². The van der Waals surface area contributed by atoms with Gasteiger partial charge in [0.15, 0.2) is 0 Å². The highest BCUT2D eigenvalue weighted by Crippen LogP contribution is 2.35. The lowest BCUT2D eigenvalue weighted by Crippen LogP contribution is -2.35. The van der Waals surface area contributed by atoms with Crippen molar-refractivity contribution in [1.82, 2.24) is 4.90 Å². The molecule has 2 atom stereocenters. The molecule has 0 aromatic heterocycles. The Balaban J connectivity index is 1.67. The Kier molecular flexibility index (Phi) is 4.70. The minimum absolute atomic E-state index is 0.0874. The van der Waals surface area contributed by atoms with Crippen molar-refractivity contribution < 1.29 is 24.4 Å². The number of carboxylic acid groups (broad SMARTS) is 1. The molecule has 0 radical (unpaired) electrons. The summed E-state index contributed by atoms with van der Waals surface area (Å²) in [5, 5.41) is 24.7. The van der Waals surface area contributed by atoms with E-state index in [2.05, 4.69) is 5.32 Å². The van der Waals surface area contributed by atoms with Gasteiger partial charge in [0.2, 0.25) is 11.8 Å². The van der Waals surface area contributed by atoms with Crippen LogP contribution < -0.4 is 10.4 Å². The maximum absolute atomic E-state index is 12.4. The molecule has 0 unspecified atom stereocenters. The third-order valence-corrected chi connectivity index (χ3v) is 4.68. The van der Waals surface area contributed by atoms with Gasteiger partial charge in [0.1, 0.15) is 5.69 Å². The Morgan fingerprint density at radius 1 is 1.19 bits per heavy atom. The van der Waals surface area contributed by atoms with E-state index in [9.17, 15) is 29.6 Å². The number of nitrogens with one attached hydrogen (secondary N) is 1. The fourth-order valence-corrected chi connectivity index (χ4v) is 3.35. The number of fused-ring (bicyclic) bond motifs is 1. The summed E-state index contributed by atoms with van der Waals surface area (Å²) >= 11 is 0. The van der Waals surface area contributed by atoms with Crippen molar-refractivity contribution in [2.75, 3.05) is 18.4 Å². The van der Waals surface area contributed by atoms with Gasteiger partial charge in [-0.15, -0.1) is 0 Å². The van der Waals surface area contributed by atoms with Crippen molar-refractivity contribution >= 4 is 29.2 Å².